The lowest BCUT2D eigenvalue weighted by molar-refractivity contribution is -0.147. The molecule has 0 N–H and O–H groups in total. The fourth-order valence-corrected chi connectivity index (χ4v) is 4.48. The lowest BCUT2D eigenvalue weighted by atomic mass is 9.88. The van der Waals surface area contributed by atoms with Gasteiger partial charge in [-0.25, -0.2) is 9.78 Å². The molecule has 0 spiro atoms. The minimum Gasteiger partial charge on any atom is -0.478 e. The predicted molar refractivity (Wildman–Crippen MR) is 131 cm³/mol. The van der Waals surface area contributed by atoms with Gasteiger partial charge < -0.3 is 9.47 Å². The van der Waals surface area contributed by atoms with Gasteiger partial charge in [-0.1, -0.05) is 47.3 Å². The monoisotopic (exact) mass is 511 g/mol. The third-order valence-corrected chi connectivity index (χ3v) is 6.37. The first-order valence-electron chi connectivity index (χ1n) is 11.1. The summed E-state index contributed by atoms with van der Waals surface area (Å²) < 4.78 is 12.8. The van der Waals surface area contributed by atoms with E-state index in [-0.39, 0.29) is 11.5 Å². The summed E-state index contributed by atoms with van der Waals surface area (Å²) >= 11 is 3.44. The Kier molecular flexibility index (Phi) is 7.23. The molecule has 172 valence electrons. The number of aromatic nitrogens is 2. The number of hydrogen-bond donors (Lipinski definition) is 0. The van der Waals surface area contributed by atoms with E-state index in [0.29, 0.717) is 28.0 Å². The normalized spacial score (nSPS) is 15.6. The zero-order valence-electron chi connectivity index (χ0n) is 18.7. The van der Waals surface area contributed by atoms with Crippen molar-refractivity contribution in [2.75, 3.05) is 7.11 Å². The van der Waals surface area contributed by atoms with Crippen molar-refractivity contribution >= 4 is 39.0 Å². The highest BCUT2D eigenvalue weighted by Crippen LogP contribution is 2.32. The fraction of sp³-hybridized carbons (Fsp3) is 0.360. The molecule has 3 aromatic rings. The molecule has 2 aromatic carbocycles. The van der Waals surface area contributed by atoms with E-state index in [9.17, 15) is 9.59 Å². The van der Waals surface area contributed by atoms with E-state index in [4.69, 9.17) is 14.5 Å². The first kappa shape index (κ1) is 23.2. The molecule has 0 amide bonds. The molecular weight excluding hydrogens is 486 g/mol. The molecule has 8 heteroatoms. The summed E-state index contributed by atoms with van der Waals surface area (Å²) in [7, 11) is 1.32. The Morgan fingerprint density at radius 3 is 2.73 bits per heavy atom. The number of ether oxygens (including phenoxy) is 2. The number of halogens is 1. The Morgan fingerprint density at radius 2 is 1.97 bits per heavy atom. The second-order valence-corrected chi connectivity index (χ2v) is 9.06. The van der Waals surface area contributed by atoms with Gasteiger partial charge in [0, 0.05) is 16.0 Å². The van der Waals surface area contributed by atoms with E-state index in [1.807, 2.05) is 30.3 Å². The van der Waals surface area contributed by atoms with Crippen LogP contribution in [0.4, 0.5) is 0 Å². The molecule has 0 aliphatic heterocycles. The van der Waals surface area contributed by atoms with E-state index in [2.05, 4.69) is 21.0 Å². The molecule has 1 aliphatic rings. The molecule has 0 saturated heterocycles. The van der Waals surface area contributed by atoms with Gasteiger partial charge in [0.05, 0.1) is 24.2 Å². The van der Waals surface area contributed by atoms with Crippen molar-refractivity contribution < 1.29 is 14.3 Å². The number of para-hydroxylation sites is 1. The lowest BCUT2D eigenvalue weighted by Crippen LogP contribution is -2.26. The van der Waals surface area contributed by atoms with Gasteiger partial charge in [0.15, 0.2) is 6.10 Å². The number of esters is 1. The molecule has 1 aromatic heterocycles. The molecule has 1 aliphatic carbocycles. The molecule has 7 nitrogen and oxygen atoms in total. The summed E-state index contributed by atoms with van der Waals surface area (Å²) in [6.45, 7) is 1.62. The van der Waals surface area contributed by atoms with Crippen LogP contribution in [0, 0.1) is 0 Å². The van der Waals surface area contributed by atoms with Gasteiger partial charge in [-0.05, 0) is 50.1 Å². The van der Waals surface area contributed by atoms with Gasteiger partial charge in [-0.3, -0.25) is 4.79 Å². The predicted octanol–water partition coefficient (Wildman–Crippen LogP) is 5.03. The Labute approximate surface area is 200 Å². The third-order valence-electron chi connectivity index (χ3n) is 5.87. The average Bonchev–Trinajstić information content (AvgIpc) is 2.84. The number of carbonyl (C=O) groups is 1. The zero-order chi connectivity index (χ0) is 23.4. The number of benzene rings is 2. The molecule has 0 radical (unpaired) electrons. The maximum absolute atomic E-state index is 13.5. The highest BCUT2D eigenvalue weighted by atomic mass is 79.9. The Balaban J connectivity index is 1.77. The van der Waals surface area contributed by atoms with E-state index >= 15 is 0 Å². The van der Waals surface area contributed by atoms with Crippen LogP contribution in [0.5, 0.6) is 5.75 Å². The smallest absolute Gasteiger partial charge is 0.346 e. The van der Waals surface area contributed by atoms with Crippen LogP contribution in [-0.4, -0.2) is 35.1 Å². The van der Waals surface area contributed by atoms with Crippen molar-refractivity contribution in [3.05, 3.63) is 68.7 Å². The SMILES string of the molecule is COC(=O)[C@@H](C)Oc1ccccc1C=Nn1c(C2CCCCC2)nc2ccc(Br)cc2c1=O. The largest absolute Gasteiger partial charge is 0.478 e. The van der Waals surface area contributed by atoms with E-state index in [1.54, 1.807) is 25.3 Å². The summed E-state index contributed by atoms with van der Waals surface area (Å²) in [5.74, 6) is 0.874. The zero-order valence-corrected chi connectivity index (χ0v) is 20.2. The number of carbonyl (C=O) groups excluding carboxylic acids is 1. The van der Waals surface area contributed by atoms with Crippen molar-refractivity contribution in [2.45, 2.75) is 51.0 Å². The van der Waals surface area contributed by atoms with Crippen molar-refractivity contribution in [3.63, 3.8) is 0 Å². The minimum atomic E-state index is -0.773. The maximum atomic E-state index is 13.5. The fourth-order valence-electron chi connectivity index (χ4n) is 4.12. The highest BCUT2D eigenvalue weighted by Gasteiger charge is 2.23. The quantitative estimate of drug-likeness (QED) is 0.342. The van der Waals surface area contributed by atoms with E-state index in [1.165, 1.54) is 18.2 Å². The Morgan fingerprint density at radius 1 is 1.21 bits per heavy atom. The Hall–Kier alpha value is -3.00. The molecule has 33 heavy (non-hydrogen) atoms. The molecule has 0 unspecified atom stereocenters. The number of hydrogen-bond acceptors (Lipinski definition) is 6. The lowest BCUT2D eigenvalue weighted by Gasteiger charge is -2.22. The van der Waals surface area contributed by atoms with Gasteiger partial charge in [0.25, 0.3) is 5.56 Å². The average molecular weight is 512 g/mol. The van der Waals surface area contributed by atoms with Gasteiger partial charge in [-0.15, -0.1) is 0 Å². The van der Waals surface area contributed by atoms with Gasteiger partial charge in [0.1, 0.15) is 11.6 Å². The standard InChI is InChI=1S/C25H26BrN3O4/c1-16(25(31)32-2)33-22-11-7-6-10-18(22)15-27-29-23(17-8-4-3-5-9-17)28-21-13-12-19(26)14-20(21)24(29)30/h6-7,10-17H,3-5,8-9H2,1-2H3/t16-/m1/s1. The van der Waals surface area contributed by atoms with Crippen LogP contribution in [0.1, 0.15) is 56.3 Å². The molecule has 1 heterocycles. The second kappa shape index (κ2) is 10.3. The van der Waals surface area contributed by atoms with Crippen molar-refractivity contribution in [3.8, 4) is 5.75 Å². The summed E-state index contributed by atoms with van der Waals surface area (Å²) in [5, 5.41) is 5.07. The topological polar surface area (TPSA) is 82.8 Å². The van der Waals surface area contributed by atoms with Crippen LogP contribution in [0.15, 0.2) is 56.8 Å². The van der Waals surface area contributed by atoms with Gasteiger partial charge in [0.2, 0.25) is 0 Å². The Bertz CT molecular complexity index is 1250. The van der Waals surface area contributed by atoms with Crippen molar-refractivity contribution in [1.29, 1.82) is 0 Å². The van der Waals surface area contributed by atoms with Crippen molar-refractivity contribution in [1.82, 2.24) is 9.66 Å². The summed E-state index contributed by atoms with van der Waals surface area (Å²) in [5.41, 5.74) is 1.11. The van der Waals surface area contributed by atoms with E-state index in [0.717, 1.165) is 30.2 Å². The second-order valence-electron chi connectivity index (χ2n) is 8.15. The number of fused-ring (bicyclic) bond motifs is 1. The first-order chi connectivity index (χ1) is 16.0. The van der Waals surface area contributed by atoms with E-state index < -0.39 is 12.1 Å². The van der Waals surface area contributed by atoms with Crippen molar-refractivity contribution in [2.24, 2.45) is 5.10 Å². The summed E-state index contributed by atoms with van der Waals surface area (Å²) in [6, 6.07) is 12.8. The van der Waals surface area contributed by atoms with Crippen LogP contribution in [-0.2, 0) is 9.53 Å². The van der Waals surface area contributed by atoms with Crippen LogP contribution in [0.3, 0.4) is 0 Å². The summed E-state index contributed by atoms with van der Waals surface area (Å²) in [6.07, 6.45) is 6.22. The number of nitrogens with zero attached hydrogens (tertiary/aromatic N) is 3. The molecular formula is C25H26BrN3O4. The van der Waals surface area contributed by atoms with Crippen LogP contribution < -0.4 is 10.3 Å². The summed E-state index contributed by atoms with van der Waals surface area (Å²) in [4.78, 5) is 30.1. The minimum absolute atomic E-state index is 0.183. The van der Waals surface area contributed by atoms with Gasteiger partial charge >= 0.3 is 5.97 Å². The number of methoxy groups -OCH3 is 1. The van der Waals surface area contributed by atoms with Crippen LogP contribution in [0.2, 0.25) is 0 Å². The van der Waals surface area contributed by atoms with Crippen LogP contribution in [0.25, 0.3) is 10.9 Å². The van der Waals surface area contributed by atoms with Crippen LogP contribution >= 0.6 is 15.9 Å². The molecule has 1 saturated carbocycles. The molecule has 0 bridgehead atoms. The maximum Gasteiger partial charge on any atom is 0.346 e. The molecule has 1 atom stereocenters. The molecule has 1 fully saturated rings. The third kappa shape index (κ3) is 5.16. The highest BCUT2D eigenvalue weighted by molar-refractivity contribution is 9.10. The molecule has 4 rings (SSSR count). The number of rotatable bonds is 6. The van der Waals surface area contributed by atoms with Gasteiger partial charge in [-0.2, -0.15) is 9.78 Å². The first-order valence-corrected chi connectivity index (χ1v) is 11.9.